The number of aliphatic hydroxyl groups excluding tert-OH is 1. The largest absolute Gasteiger partial charge is 0.392 e. The van der Waals surface area contributed by atoms with Gasteiger partial charge in [-0.1, -0.05) is 12.1 Å². The zero-order valence-corrected chi connectivity index (χ0v) is 12.9. The topological polar surface area (TPSA) is 52.7 Å². The number of hydrogen-bond donors (Lipinski definition) is 2. The van der Waals surface area contributed by atoms with Crippen molar-refractivity contribution in [2.24, 2.45) is 5.73 Å². The summed E-state index contributed by atoms with van der Waals surface area (Å²) in [5, 5.41) is 9.86. The lowest BCUT2D eigenvalue weighted by atomic mass is 10.0. The van der Waals surface area contributed by atoms with E-state index in [1.807, 2.05) is 20.2 Å². The normalized spacial score (nSPS) is 24.7. The number of hydrogen-bond acceptors (Lipinski definition) is 4. The minimum Gasteiger partial charge on any atom is -0.392 e. The van der Waals surface area contributed by atoms with Gasteiger partial charge in [0.15, 0.2) is 0 Å². The summed E-state index contributed by atoms with van der Waals surface area (Å²) in [7, 11) is 4.09. The molecule has 0 aromatic heterocycles. The quantitative estimate of drug-likeness (QED) is 0.828. The van der Waals surface area contributed by atoms with Crippen molar-refractivity contribution < 1.29 is 9.50 Å². The fourth-order valence-corrected chi connectivity index (χ4v) is 3.05. The highest BCUT2D eigenvalue weighted by molar-refractivity contribution is 5.19. The first-order valence-electron chi connectivity index (χ1n) is 7.53. The Labute approximate surface area is 126 Å². The Morgan fingerprint density at radius 1 is 1.48 bits per heavy atom. The molecule has 118 valence electrons. The molecule has 1 fully saturated rings. The fourth-order valence-electron chi connectivity index (χ4n) is 3.05. The fraction of sp³-hybridized carbons (Fsp3) is 0.625. The Hall–Kier alpha value is -1.01. The van der Waals surface area contributed by atoms with Gasteiger partial charge in [0.1, 0.15) is 5.82 Å². The Balaban J connectivity index is 1.89. The molecule has 0 spiro atoms. The van der Waals surface area contributed by atoms with Gasteiger partial charge >= 0.3 is 0 Å². The molecule has 3 unspecified atom stereocenters. The maximum atomic E-state index is 13.2. The summed E-state index contributed by atoms with van der Waals surface area (Å²) in [6, 6.07) is 6.69. The standard InChI is InChI=1S/C16H26FN3O/c1-19(2)10-14-9-15(21)11-20(14)7-6-16(18)12-4-3-5-13(17)8-12/h3-5,8,14-16,21H,6-7,9-11,18H2,1-2H3. The van der Waals surface area contributed by atoms with Crippen LogP contribution in [0.1, 0.15) is 24.4 Å². The highest BCUT2D eigenvalue weighted by atomic mass is 19.1. The molecule has 0 amide bonds. The second-order valence-electron chi connectivity index (χ2n) is 6.25. The summed E-state index contributed by atoms with van der Waals surface area (Å²) in [5.74, 6) is -0.245. The van der Waals surface area contributed by atoms with Crippen molar-refractivity contribution in [3.05, 3.63) is 35.6 Å². The maximum Gasteiger partial charge on any atom is 0.123 e. The highest BCUT2D eigenvalue weighted by Gasteiger charge is 2.30. The smallest absolute Gasteiger partial charge is 0.123 e. The van der Waals surface area contributed by atoms with E-state index in [9.17, 15) is 9.50 Å². The molecule has 1 heterocycles. The van der Waals surface area contributed by atoms with Gasteiger partial charge < -0.3 is 15.7 Å². The molecular weight excluding hydrogens is 269 g/mol. The summed E-state index contributed by atoms with van der Waals surface area (Å²) in [4.78, 5) is 4.44. The van der Waals surface area contributed by atoms with Crippen LogP contribution in [0.5, 0.6) is 0 Å². The molecule has 0 saturated carbocycles. The number of nitrogens with zero attached hydrogens (tertiary/aromatic N) is 2. The third-order valence-corrected chi connectivity index (χ3v) is 4.09. The SMILES string of the molecule is CN(C)CC1CC(O)CN1CCC(N)c1cccc(F)c1. The van der Waals surface area contributed by atoms with Crippen molar-refractivity contribution in [1.82, 2.24) is 9.80 Å². The summed E-state index contributed by atoms with van der Waals surface area (Å²) >= 11 is 0. The second kappa shape index (κ2) is 7.31. The lowest BCUT2D eigenvalue weighted by Crippen LogP contribution is -2.38. The monoisotopic (exact) mass is 295 g/mol. The van der Waals surface area contributed by atoms with Gasteiger partial charge in [0.25, 0.3) is 0 Å². The van der Waals surface area contributed by atoms with E-state index in [0.29, 0.717) is 12.6 Å². The van der Waals surface area contributed by atoms with Gasteiger partial charge in [-0.25, -0.2) is 4.39 Å². The van der Waals surface area contributed by atoms with Crippen molar-refractivity contribution in [2.45, 2.75) is 31.0 Å². The average molecular weight is 295 g/mol. The number of benzene rings is 1. The Morgan fingerprint density at radius 2 is 2.24 bits per heavy atom. The van der Waals surface area contributed by atoms with Crippen LogP contribution in [-0.2, 0) is 0 Å². The lowest BCUT2D eigenvalue weighted by molar-refractivity contribution is 0.170. The van der Waals surface area contributed by atoms with Crippen LogP contribution in [0, 0.1) is 5.82 Å². The highest BCUT2D eigenvalue weighted by Crippen LogP contribution is 2.21. The molecule has 21 heavy (non-hydrogen) atoms. The molecule has 1 saturated heterocycles. The van der Waals surface area contributed by atoms with Crippen LogP contribution in [0.15, 0.2) is 24.3 Å². The van der Waals surface area contributed by atoms with Crippen molar-refractivity contribution in [3.63, 3.8) is 0 Å². The van der Waals surface area contributed by atoms with Gasteiger partial charge in [0.05, 0.1) is 6.10 Å². The number of likely N-dealkylation sites (N-methyl/N-ethyl adjacent to an activating group) is 1. The van der Waals surface area contributed by atoms with Gasteiger partial charge in [-0.15, -0.1) is 0 Å². The molecule has 3 atom stereocenters. The first-order valence-corrected chi connectivity index (χ1v) is 7.53. The molecule has 5 heteroatoms. The third kappa shape index (κ3) is 4.74. The van der Waals surface area contributed by atoms with E-state index in [4.69, 9.17) is 5.73 Å². The van der Waals surface area contributed by atoms with E-state index >= 15 is 0 Å². The molecular formula is C16H26FN3O. The predicted molar refractivity (Wildman–Crippen MR) is 82.5 cm³/mol. The predicted octanol–water partition coefficient (Wildman–Crippen LogP) is 1.21. The van der Waals surface area contributed by atoms with Crippen LogP contribution in [-0.4, -0.2) is 60.8 Å². The Morgan fingerprint density at radius 3 is 2.90 bits per heavy atom. The summed E-state index contributed by atoms with van der Waals surface area (Å²) in [5.41, 5.74) is 6.99. The minimum atomic E-state index is -0.250. The van der Waals surface area contributed by atoms with Gasteiger partial charge in [0, 0.05) is 31.7 Å². The molecule has 1 aromatic rings. The minimum absolute atomic E-state index is 0.168. The van der Waals surface area contributed by atoms with E-state index in [2.05, 4.69) is 9.80 Å². The van der Waals surface area contributed by atoms with Gasteiger partial charge in [-0.2, -0.15) is 0 Å². The first-order chi connectivity index (χ1) is 9.95. The lowest BCUT2D eigenvalue weighted by Gasteiger charge is -2.27. The number of β-amino-alcohol motifs (C(OH)–C–C–N with tert-alkyl or cyclic N) is 1. The Bertz CT molecular complexity index is 455. The van der Waals surface area contributed by atoms with Crippen molar-refractivity contribution in [3.8, 4) is 0 Å². The second-order valence-corrected chi connectivity index (χ2v) is 6.25. The van der Waals surface area contributed by atoms with E-state index in [0.717, 1.165) is 31.5 Å². The molecule has 4 nitrogen and oxygen atoms in total. The number of halogens is 1. The van der Waals surface area contributed by atoms with Crippen LogP contribution in [0.25, 0.3) is 0 Å². The van der Waals surface area contributed by atoms with Crippen molar-refractivity contribution >= 4 is 0 Å². The molecule has 0 radical (unpaired) electrons. The van der Waals surface area contributed by atoms with Crippen LogP contribution < -0.4 is 5.73 Å². The zero-order valence-electron chi connectivity index (χ0n) is 12.9. The molecule has 1 aliphatic rings. The summed E-state index contributed by atoms with van der Waals surface area (Å²) in [6.07, 6.45) is 1.33. The van der Waals surface area contributed by atoms with Gasteiger partial charge in [0.2, 0.25) is 0 Å². The number of likely N-dealkylation sites (tertiary alicyclic amines) is 1. The van der Waals surface area contributed by atoms with E-state index < -0.39 is 0 Å². The van der Waals surface area contributed by atoms with Crippen molar-refractivity contribution in [2.75, 3.05) is 33.7 Å². The third-order valence-electron chi connectivity index (χ3n) is 4.09. The maximum absolute atomic E-state index is 13.2. The van der Waals surface area contributed by atoms with Crippen LogP contribution in [0.2, 0.25) is 0 Å². The summed E-state index contributed by atoms with van der Waals surface area (Å²) < 4.78 is 13.2. The molecule has 2 rings (SSSR count). The van der Waals surface area contributed by atoms with Crippen molar-refractivity contribution in [1.29, 1.82) is 0 Å². The molecule has 1 aliphatic heterocycles. The first kappa shape index (κ1) is 16.4. The van der Waals surface area contributed by atoms with Gasteiger partial charge in [-0.3, -0.25) is 4.90 Å². The Kier molecular flexibility index (Phi) is 5.70. The molecule has 0 bridgehead atoms. The average Bonchev–Trinajstić information content (AvgIpc) is 2.75. The molecule has 1 aromatic carbocycles. The molecule has 0 aliphatic carbocycles. The number of nitrogens with two attached hydrogens (primary N) is 1. The summed E-state index contributed by atoms with van der Waals surface area (Å²) in [6.45, 7) is 2.47. The van der Waals surface area contributed by atoms with Gasteiger partial charge in [-0.05, 0) is 44.6 Å². The van der Waals surface area contributed by atoms with E-state index in [1.165, 1.54) is 12.1 Å². The molecule has 3 N–H and O–H groups in total. The van der Waals surface area contributed by atoms with E-state index in [-0.39, 0.29) is 18.0 Å². The van der Waals surface area contributed by atoms with Crippen LogP contribution in [0.4, 0.5) is 4.39 Å². The van der Waals surface area contributed by atoms with E-state index in [1.54, 1.807) is 6.07 Å². The zero-order chi connectivity index (χ0) is 15.4. The number of aliphatic hydroxyl groups is 1. The van der Waals surface area contributed by atoms with Crippen LogP contribution >= 0.6 is 0 Å². The van der Waals surface area contributed by atoms with Crippen LogP contribution in [0.3, 0.4) is 0 Å². The number of rotatable bonds is 6.